The first-order valence-corrected chi connectivity index (χ1v) is 6.84. The number of hydrogen-bond acceptors (Lipinski definition) is 4. The predicted molar refractivity (Wildman–Crippen MR) is 78.4 cm³/mol. The Balaban J connectivity index is 2.01. The third kappa shape index (κ3) is 5.37. The van der Waals surface area contributed by atoms with E-state index in [0.717, 1.165) is 5.56 Å². The van der Waals surface area contributed by atoms with Crippen molar-refractivity contribution in [3.63, 3.8) is 0 Å². The van der Waals surface area contributed by atoms with E-state index in [-0.39, 0.29) is 6.42 Å². The molecule has 0 aliphatic heterocycles. The normalized spacial score (nSPS) is 12.7. The van der Waals surface area contributed by atoms with E-state index in [1.165, 1.54) is 0 Å². The van der Waals surface area contributed by atoms with Crippen molar-refractivity contribution in [2.75, 3.05) is 6.61 Å². The second-order valence-corrected chi connectivity index (χ2v) is 4.95. The van der Waals surface area contributed by atoms with Gasteiger partial charge in [0.25, 0.3) is 0 Å². The summed E-state index contributed by atoms with van der Waals surface area (Å²) in [4.78, 5) is 15.7. The van der Waals surface area contributed by atoms with Gasteiger partial charge in [0.2, 0.25) is 0 Å². The van der Waals surface area contributed by atoms with E-state index in [2.05, 4.69) is 9.72 Å². The number of esters is 1. The van der Waals surface area contributed by atoms with E-state index >= 15 is 0 Å². The molecule has 0 aliphatic rings. The molecule has 0 aliphatic carbocycles. The first kappa shape index (κ1) is 17.0. The van der Waals surface area contributed by atoms with Crippen molar-refractivity contribution >= 4 is 5.97 Å². The minimum Gasteiger partial charge on any atom is -0.455 e. The number of ether oxygens (including phenoxy) is 1. The van der Waals surface area contributed by atoms with Crippen molar-refractivity contribution in [3.05, 3.63) is 54.2 Å². The van der Waals surface area contributed by atoms with Gasteiger partial charge < -0.3 is 10.5 Å². The molecule has 4 nitrogen and oxygen atoms in total. The van der Waals surface area contributed by atoms with Crippen molar-refractivity contribution in [2.24, 2.45) is 5.73 Å². The number of carbonyl (C=O) groups excluding carboxylic acids is 1. The summed E-state index contributed by atoms with van der Waals surface area (Å²) >= 11 is 0. The number of hydrogen-bond donors (Lipinski definition) is 1. The predicted octanol–water partition coefficient (Wildman–Crippen LogP) is 2.72. The number of benzene rings is 1. The summed E-state index contributed by atoms with van der Waals surface area (Å²) in [5, 5.41) is 0. The minimum atomic E-state index is -4.56. The molecular formula is C16H15F3N2O2. The molecule has 122 valence electrons. The Morgan fingerprint density at radius 3 is 2.57 bits per heavy atom. The van der Waals surface area contributed by atoms with E-state index < -0.39 is 24.8 Å². The van der Waals surface area contributed by atoms with Crippen LogP contribution >= 0.6 is 0 Å². The molecular weight excluding hydrogens is 309 g/mol. The molecule has 1 atom stereocenters. The average Bonchev–Trinajstić information content (AvgIpc) is 2.53. The van der Waals surface area contributed by atoms with Crippen molar-refractivity contribution in [2.45, 2.75) is 18.6 Å². The summed E-state index contributed by atoms with van der Waals surface area (Å²) in [6.45, 7) is -1.63. The van der Waals surface area contributed by atoms with Gasteiger partial charge in [0.05, 0.1) is 5.69 Å². The van der Waals surface area contributed by atoms with Crippen LogP contribution in [0.1, 0.15) is 5.56 Å². The lowest BCUT2D eigenvalue weighted by molar-refractivity contribution is -0.187. The molecule has 0 saturated heterocycles. The van der Waals surface area contributed by atoms with Crippen LogP contribution in [0.2, 0.25) is 0 Å². The molecule has 7 heteroatoms. The van der Waals surface area contributed by atoms with Crippen LogP contribution in [0.4, 0.5) is 13.2 Å². The number of rotatable bonds is 5. The fourth-order valence-corrected chi connectivity index (χ4v) is 1.97. The molecule has 0 amide bonds. The van der Waals surface area contributed by atoms with Crippen LogP contribution in [-0.4, -0.2) is 29.8 Å². The zero-order valence-electron chi connectivity index (χ0n) is 12.1. The molecule has 2 aromatic rings. The van der Waals surface area contributed by atoms with Crippen LogP contribution in [-0.2, 0) is 16.0 Å². The lowest BCUT2D eigenvalue weighted by Crippen LogP contribution is -2.36. The van der Waals surface area contributed by atoms with Gasteiger partial charge >= 0.3 is 12.1 Å². The Hall–Kier alpha value is -2.41. The summed E-state index contributed by atoms with van der Waals surface area (Å²) in [7, 11) is 0. The Labute approximate surface area is 131 Å². The highest BCUT2D eigenvalue weighted by Crippen LogP contribution is 2.18. The molecule has 0 fully saturated rings. The Kier molecular flexibility index (Phi) is 5.33. The van der Waals surface area contributed by atoms with Gasteiger partial charge in [-0.1, -0.05) is 30.3 Å². The van der Waals surface area contributed by atoms with Gasteiger partial charge in [0.15, 0.2) is 6.61 Å². The zero-order chi connectivity index (χ0) is 16.9. The fraction of sp³-hybridized carbons (Fsp3) is 0.250. The Bertz CT molecular complexity index is 660. The second-order valence-electron chi connectivity index (χ2n) is 4.95. The van der Waals surface area contributed by atoms with E-state index in [1.54, 1.807) is 18.3 Å². The van der Waals surface area contributed by atoms with Crippen molar-refractivity contribution in [3.8, 4) is 11.3 Å². The molecule has 2 N–H and O–H groups in total. The summed E-state index contributed by atoms with van der Waals surface area (Å²) in [5.41, 5.74) is 7.88. The van der Waals surface area contributed by atoms with Crippen LogP contribution in [0.15, 0.2) is 48.7 Å². The highest BCUT2D eigenvalue weighted by Gasteiger charge is 2.30. The minimum absolute atomic E-state index is 0.0685. The van der Waals surface area contributed by atoms with Gasteiger partial charge in [-0.25, -0.2) is 0 Å². The SMILES string of the molecule is N[C@@H](Cc1ccnc(-c2ccccc2)c1)C(=O)OCC(F)(F)F. The first-order chi connectivity index (χ1) is 10.8. The summed E-state index contributed by atoms with van der Waals surface area (Å²) in [6, 6.07) is 11.6. The zero-order valence-corrected chi connectivity index (χ0v) is 12.1. The largest absolute Gasteiger partial charge is 0.455 e. The number of aromatic nitrogens is 1. The Morgan fingerprint density at radius 2 is 1.91 bits per heavy atom. The summed E-state index contributed by atoms with van der Waals surface area (Å²) in [6.07, 6.45) is -2.93. The van der Waals surface area contributed by atoms with E-state index in [1.807, 2.05) is 30.3 Å². The number of carbonyl (C=O) groups is 1. The van der Waals surface area contributed by atoms with E-state index in [4.69, 9.17) is 5.73 Å². The molecule has 0 spiro atoms. The van der Waals surface area contributed by atoms with Gasteiger partial charge in [-0.05, 0) is 24.1 Å². The topological polar surface area (TPSA) is 65.2 Å². The van der Waals surface area contributed by atoms with E-state index in [9.17, 15) is 18.0 Å². The maximum Gasteiger partial charge on any atom is 0.422 e. The molecule has 2 rings (SSSR count). The van der Waals surface area contributed by atoms with Gasteiger partial charge in [0, 0.05) is 11.8 Å². The number of halogens is 3. The van der Waals surface area contributed by atoms with Crippen molar-refractivity contribution in [1.82, 2.24) is 4.98 Å². The maximum absolute atomic E-state index is 12.0. The van der Waals surface area contributed by atoms with Crippen LogP contribution in [0, 0.1) is 0 Å². The molecule has 1 heterocycles. The van der Waals surface area contributed by atoms with Crippen LogP contribution in [0.5, 0.6) is 0 Å². The molecule has 1 aromatic heterocycles. The molecule has 0 saturated carbocycles. The maximum atomic E-state index is 12.0. The molecule has 23 heavy (non-hydrogen) atoms. The van der Waals surface area contributed by atoms with Crippen molar-refractivity contribution in [1.29, 1.82) is 0 Å². The number of nitrogens with zero attached hydrogens (tertiary/aromatic N) is 1. The highest BCUT2D eigenvalue weighted by atomic mass is 19.4. The number of alkyl halides is 3. The molecule has 0 bridgehead atoms. The second kappa shape index (κ2) is 7.23. The van der Waals surface area contributed by atoms with Crippen molar-refractivity contribution < 1.29 is 22.7 Å². The molecule has 0 unspecified atom stereocenters. The molecule has 0 radical (unpaired) electrons. The molecule has 1 aromatic carbocycles. The first-order valence-electron chi connectivity index (χ1n) is 6.84. The third-order valence-corrected chi connectivity index (χ3v) is 3.03. The van der Waals surface area contributed by atoms with E-state index in [0.29, 0.717) is 11.3 Å². The number of pyridine rings is 1. The van der Waals surface area contributed by atoms with Gasteiger partial charge in [-0.15, -0.1) is 0 Å². The smallest absolute Gasteiger partial charge is 0.422 e. The highest BCUT2D eigenvalue weighted by molar-refractivity contribution is 5.76. The van der Waals surface area contributed by atoms with Gasteiger partial charge in [0.1, 0.15) is 6.04 Å². The number of nitrogens with two attached hydrogens (primary N) is 1. The lowest BCUT2D eigenvalue weighted by atomic mass is 10.0. The van der Waals surface area contributed by atoms with Gasteiger partial charge in [-0.2, -0.15) is 13.2 Å². The lowest BCUT2D eigenvalue weighted by Gasteiger charge is -2.13. The van der Waals surface area contributed by atoms with Gasteiger partial charge in [-0.3, -0.25) is 9.78 Å². The quantitative estimate of drug-likeness (QED) is 0.859. The van der Waals surface area contributed by atoms with Crippen LogP contribution in [0.3, 0.4) is 0 Å². The summed E-state index contributed by atoms with van der Waals surface area (Å²) in [5.74, 6) is -1.08. The average molecular weight is 324 g/mol. The monoisotopic (exact) mass is 324 g/mol. The third-order valence-electron chi connectivity index (χ3n) is 3.03. The summed E-state index contributed by atoms with van der Waals surface area (Å²) < 4.78 is 40.2. The van der Waals surface area contributed by atoms with Crippen LogP contribution < -0.4 is 5.73 Å². The fourth-order valence-electron chi connectivity index (χ4n) is 1.97. The Morgan fingerprint density at radius 1 is 1.22 bits per heavy atom. The van der Waals surface area contributed by atoms with Crippen LogP contribution in [0.25, 0.3) is 11.3 Å². The standard InChI is InChI=1S/C16H15F3N2O2/c17-16(18,19)10-23-15(22)13(20)8-11-6-7-21-14(9-11)12-4-2-1-3-5-12/h1-7,9,13H,8,10,20H2/t13-/m0/s1.